The van der Waals surface area contributed by atoms with Crippen molar-refractivity contribution < 1.29 is 14.3 Å². The van der Waals surface area contributed by atoms with Crippen LogP contribution in [0.25, 0.3) is 0 Å². The molecule has 0 fully saturated rings. The monoisotopic (exact) mass is 438 g/mol. The molecule has 2 N–H and O–H groups in total. The number of nitrogens with one attached hydrogen (secondary N) is 2. The quantitative estimate of drug-likeness (QED) is 0.713. The van der Waals surface area contributed by atoms with Gasteiger partial charge in [-0.15, -0.1) is 0 Å². The fourth-order valence-corrected chi connectivity index (χ4v) is 2.62. The van der Waals surface area contributed by atoms with Crippen LogP contribution in [0.1, 0.15) is 31.1 Å². The number of carbonyl (C=O) groups excluding carboxylic acids is 2. The fraction of sp³-hybridized carbons (Fsp3) is 0.263. The number of anilines is 1. The molecular formula is C19H20BrClN2O3. The van der Waals surface area contributed by atoms with E-state index in [9.17, 15) is 9.59 Å². The molecule has 26 heavy (non-hydrogen) atoms. The third-order valence-corrected chi connectivity index (χ3v) is 3.91. The van der Waals surface area contributed by atoms with E-state index in [4.69, 9.17) is 16.3 Å². The van der Waals surface area contributed by atoms with Gasteiger partial charge >= 0.3 is 0 Å². The van der Waals surface area contributed by atoms with Crippen molar-refractivity contribution in [2.75, 3.05) is 11.9 Å². The Kier molecular flexibility index (Phi) is 6.67. The molecule has 0 heterocycles. The van der Waals surface area contributed by atoms with E-state index in [1.54, 1.807) is 42.5 Å². The number of amides is 2. The van der Waals surface area contributed by atoms with E-state index in [1.165, 1.54) is 0 Å². The predicted molar refractivity (Wildman–Crippen MR) is 107 cm³/mol. The minimum Gasteiger partial charge on any atom is -0.483 e. The number of hydrogen-bond acceptors (Lipinski definition) is 3. The maximum atomic E-state index is 12.6. The van der Waals surface area contributed by atoms with Crippen LogP contribution in [0, 0.1) is 0 Å². The molecule has 0 bridgehead atoms. The summed E-state index contributed by atoms with van der Waals surface area (Å²) < 4.78 is 6.29. The molecule has 2 aromatic carbocycles. The summed E-state index contributed by atoms with van der Waals surface area (Å²) in [7, 11) is 0. The highest BCUT2D eigenvalue weighted by Gasteiger charge is 2.17. The SMILES string of the molecule is CC(C)(C)NC(=O)COc1ccc(Br)cc1C(=O)Nc1ccc(Cl)cc1. The number of carbonyl (C=O) groups is 2. The van der Waals surface area contributed by atoms with Gasteiger partial charge in [-0.3, -0.25) is 9.59 Å². The Morgan fingerprint density at radius 2 is 1.77 bits per heavy atom. The minimum absolute atomic E-state index is 0.180. The van der Waals surface area contributed by atoms with Gasteiger partial charge in [0.15, 0.2) is 6.61 Å². The zero-order valence-electron chi connectivity index (χ0n) is 14.7. The van der Waals surface area contributed by atoms with Crippen LogP contribution in [-0.2, 0) is 4.79 Å². The zero-order valence-corrected chi connectivity index (χ0v) is 17.1. The molecule has 0 atom stereocenters. The highest BCUT2D eigenvalue weighted by molar-refractivity contribution is 9.10. The Bertz CT molecular complexity index is 801. The summed E-state index contributed by atoms with van der Waals surface area (Å²) in [6.45, 7) is 5.47. The van der Waals surface area contributed by atoms with Crippen molar-refractivity contribution in [3.05, 3.63) is 57.5 Å². The Hall–Kier alpha value is -2.05. The number of rotatable bonds is 5. The van der Waals surface area contributed by atoms with Gasteiger partial charge < -0.3 is 15.4 Å². The Labute approximate surface area is 166 Å². The molecule has 2 amide bonds. The summed E-state index contributed by atoms with van der Waals surface area (Å²) in [6, 6.07) is 11.8. The van der Waals surface area contributed by atoms with Crippen molar-refractivity contribution in [2.24, 2.45) is 0 Å². The van der Waals surface area contributed by atoms with Crippen molar-refractivity contribution in [2.45, 2.75) is 26.3 Å². The highest BCUT2D eigenvalue weighted by Crippen LogP contribution is 2.25. The molecule has 0 aliphatic rings. The lowest BCUT2D eigenvalue weighted by Crippen LogP contribution is -2.43. The van der Waals surface area contributed by atoms with Crippen LogP contribution >= 0.6 is 27.5 Å². The first kappa shape index (κ1) is 20.3. The third kappa shape index (κ3) is 6.35. The van der Waals surface area contributed by atoms with Crippen LogP contribution in [0.4, 0.5) is 5.69 Å². The highest BCUT2D eigenvalue weighted by atomic mass is 79.9. The van der Waals surface area contributed by atoms with Gasteiger partial charge in [-0.2, -0.15) is 0 Å². The van der Waals surface area contributed by atoms with Crippen molar-refractivity contribution in [3.8, 4) is 5.75 Å². The predicted octanol–water partition coefficient (Wildman–Crippen LogP) is 4.65. The number of benzene rings is 2. The van der Waals surface area contributed by atoms with E-state index in [0.717, 1.165) is 4.47 Å². The third-order valence-electron chi connectivity index (χ3n) is 3.16. The molecule has 2 aromatic rings. The molecule has 0 saturated carbocycles. The van der Waals surface area contributed by atoms with Crippen LogP contribution < -0.4 is 15.4 Å². The molecule has 0 saturated heterocycles. The number of halogens is 2. The van der Waals surface area contributed by atoms with Gasteiger partial charge in [0.2, 0.25) is 0 Å². The smallest absolute Gasteiger partial charge is 0.259 e. The average molecular weight is 440 g/mol. The van der Waals surface area contributed by atoms with Gasteiger partial charge in [0.1, 0.15) is 5.75 Å². The molecule has 0 unspecified atom stereocenters. The lowest BCUT2D eigenvalue weighted by Gasteiger charge is -2.20. The molecular weight excluding hydrogens is 420 g/mol. The first-order valence-electron chi connectivity index (χ1n) is 7.94. The fourth-order valence-electron chi connectivity index (χ4n) is 2.13. The standard InChI is InChI=1S/C19H20BrClN2O3/c1-19(2,3)23-17(24)11-26-16-9-4-12(20)10-15(16)18(25)22-14-7-5-13(21)6-8-14/h4-10H,11H2,1-3H3,(H,22,25)(H,23,24). The lowest BCUT2D eigenvalue weighted by molar-refractivity contribution is -0.124. The van der Waals surface area contributed by atoms with Gasteiger partial charge in [0.05, 0.1) is 5.56 Å². The molecule has 138 valence electrons. The maximum absolute atomic E-state index is 12.6. The molecule has 0 spiro atoms. The summed E-state index contributed by atoms with van der Waals surface area (Å²) >= 11 is 9.20. The lowest BCUT2D eigenvalue weighted by atomic mass is 10.1. The molecule has 2 rings (SSSR count). The van der Waals surface area contributed by atoms with E-state index < -0.39 is 0 Å². The second-order valence-corrected chi connectivity index (χ2v) is 8.04. The van der Waals surface area contributed by atoms with E-state index in [0.29, 0.717) is 22.0 Å². The van der Waals surface area contributed by atoms with Crippen molar-refractivity contribution in [1.82, 2.24) is 5.32 Å². The summed E-state index contributed by atoms with van der Waals surface area (Å²) in [5.74, 6) is -0.284. The summed E-state index contributed by atoms with van der Waals surface area (Å²) in [6.07, 6.45) is 0. The van der Waals surface area contributed by atoms with E-state index in [1.807, 2.05) is 20.8 Å². The van der Waals surface area contributed by atoms with Crippen molar-refractivity contribution >= 4 is 45.0 Å². The average Bonchev–Trinajstić information content (AvgIpc) is 2.54. The Morgan fingerprint density at radius 3 is 2.38 bits per heavy atom. The van der Waals surface area contributed by atoms with Gasteiger partial charge in [0.25, 0.3) is 11.8 Å². The van der Waals surface area contributed by atoms with E-state index in [2.05, 4.69) is 26.6 Å². The van der Waals surface area contributed by atoms with Crippen molar-refractivity contribution in [1.29, 1.82) is 0 Å². The van der Waals surface area contributed by atoms with Gasteiger partial charge in [0, 0.05) is 20.7 Å². The van der Waals surface area contributed by atoms with Gasteiger partial charge in [-0.25, -0.2) is 0 Å². The molecule has 0 radical (unpaired) electrons. The first-order valence-corrected chi connectivity index (χ1v) is 9.11. The van der Waals surface area contributed by atoms with Gasteiger partial charge in [-0.1, -0.05) is 27.5 Å². The second-order valence-electron chi connectivity index (χ2n) is 6.69. The molecule has 7 heteroatoms. The van der Waals surface area contributed by atoms with Crippen LogP contribution in [0.3, 0.4) is 0 Å². The second kappa shape index (κ2) is 8.56. The maximum Gasteiger partial charge on any atom is 0.259 e. The molecule has 0 aliphatic carbocycles. The Morgan fingerprint density at radius 1 is 1.12 bits per heavy atom. The largest absolute Gasteiger partial charge is 0.483 e. The molecule has 5 nitrogen and oxygen atoms in total. The van der Waals surface area contributed by atoms with Gasteiger partial charge in [-0.05, 0) is 63.2 Å². The zero-order chi connectivity index (χ0) is 19.3. The molecule has 0 aliphatic heterocycles. The summed E-state index contributed by atoms with van der Waals surface area (Å²) in [4.78, 5) is 24.5. The van der Waals surface area contributed by atoms with Crippen LogP contribution in [0.15, 0.2) is 46.9 Å². The summed E-state index contributed by atoms with van der Waals surface area (Å²) in [5.41, 5.74) is 0.572. The number of ether oxygens (including phenoxy) is 1. The first-order chi connectivity index (χ1) is 12.1. The Balaban J connectivity index is 2.12. The normalized spacial score (nSPS) is 11.0. The van der Waals surface area contributed by atoms with Crippen molar-refractivity contribution in [3.63, 3.8) is 0 Å². The van der Waals surface area contributed by atoms with Crippen LogP contribution in [0.5, 0.6) is 5.75 Å². The summed E-state index contributed by atoms with van der Waals surface area (Å²) in [5, 5.41) is 6.17. The topological polar surface area (TPSA) is 67.4 Å². The number of hydrogen-bond donors (Lipinski definition) is 2. The molecule has 0 aromatic heterocycles. The van der Waals surface area contributed by atoms with Crippen LogP contribution in [0.2, 0.25) is 5.02 Å². The van der Waals surface area contributed by atoms with Crippen LogP contribution in [-0.4, -0.2) is 24.0 Å². The minimum atomic E-state index is -0.352. The van der Waals surface area contributed by atoms with E-state index in [-0.39, 0.29) is 24.0 Å². The van der Waals surface area contributed by atoms with E-state index >= 15 is 0 Å².